The average Bonchev–Trinajstić information content (AvgIpc) is 3.15. The van der Waals surface area contributed by atoms with Crippen LogP contribution in [0.5, 0.6) is 0 Å². The summed E-state index contributed by atoms with van der Waals surface area (Å²) in [5, 5.41) is 5.61. The highest BCUT2D eigenvalue weighted by Gasteiger charge is 2.40. The zero-order valence-electron chi connectivity index (χ0n) is 10.9. The quantitative estimate of drug-likeness (QED) is 0.866. The Labute approximate surface area is 109 Å². The van der Waals surface area contributed by atoms with Gasteiger partial charge >= 0.3 is 6.18 Å². The van der Waals surface area contributed by atoms with Gasteiger partial charge in [-0.3, -0.25) is 0 Å². The summed E-state index contributed by atoms with van der Waals surface area (Å²) in [5.74, 6) is -0.749. The molecule has 0 aliphatic heterocycles. The molecule has 4 nitrogen and oxygen atoms in total. The second-order valence-corrected chi connectivity index (χ2v) is 4.92. The minimum atomic E-state index is -4.54. The van der Waals surface area contributed by atoms with Crippen molar-refractivity contribution in [3.8, 4) is 0 Å². The lowest BCUT2D eigenvalue weighted by Gasteiger charge is -2.15. The van der Waals surface area contributed by atoms with E-state index in [1.54, 1.807) is 0 Å². The molecule has 106 valence electrons. The van der Waals surface area contributed by atoms with Gasteiger partial charge in [-0.1, -0.05) is 6.92 Å². The number of hydrogen-bond donors (Lipinski definition) is 2. The number of halogens is 3. The van der Waals surface area contributed by atoms with E-state index < -0.39 is 12.0 Å². The first-order valence-electron chi connectivity index (χ1n) is 6.26. The molecule has 1 saturated carbocycles. The van der Waals surface area contributed by atoms with E-state index in [4.69, 9.17) is 0 Å². The maximum Gasteiger partial charge on any atom is 0.451 e. The van der Waals surface area contributed by atoms with Gasteiger partial charge in [0.1, 0.15) is 11.6 Å². The minimum Gasteiger partial charge on any atom is -0.373 e. The number of nitrogens with zero attached hydrogens (tertiary/aromatic N) is 2. The molecule has 1 aromatic heterocycles. The van der Waals surface area contributed by atoms with Crippen molar-refractivity contribution in [2.45, 2.75) is 32.4 Å². The fourth-order valence-electron chi connectivity index (χ4n) is 1.90. The van der Waals surface area contributed by atoms with Crippen molar-refractivity contribution in [3.05, 3.63) is 11.9 Å². The third-order valence-electron chi connectivity index (χ3n) is 3.59. The summed E-state index contributed by atoms with van der Waals surface area (Å²) in [5.41, 5.74) is 0.239. The Morgan fingerprint density at radius 3 is 2.37 bits per heavy atom. The molecule has 0 bridgehead atoms. The first-order valence-corrected chi connectivity index (χ1v) is 6.26. The van der Waals surface area contributed by atoms with Gasteiger partial charge in [-0.15, -0.1) is 0 Å². The van der Waals surface area contributed by atoms with Crippen LogP contribution in [0, 0.1) is 5.41 Å². The molecule has 2 rings (SSSR count). The van der Waals surface area contributed by atoms with Crippen molar-refractivity contribution in [3.63, 3.8) is 0 Å². The highest BCUT2D eigenvalue weighted by Crippen LogP contribution is 2.48. The highest BCUT2D eigenvalue weighted by molar-refractivity contribution is 5.47. The van der Waals surface area contributed by atoms with Gasteiger partial charge in [0.15, 0.2) is 0 Å². The van der Waals surface area contributed by atoms with Crippen LogP contribution in [0.2, 0.25) is 0 Å². The van der Waals surface area contributed by atoms with Crippen LogP contribution in [0.1, 0.15) is 32.0 Å². The molecule has 0 amide bonds. The van der Waals surface area contributed by atoms with E-state index in [9.17, 15) is 13.2 Å². The second-order valence-electron chi connectivity index (χ2n) is 4.92. The SMILES string of the molecule is CCC1(CNc2cc(NC)nc(C(F)(F)F)n2)CC1. The van der Waals surface area contributed by atoms with Gasteiger partial charge in [0.2, 0.25) is 5.82 Å². The van der Waals surface area contributed by atoms with E-state index in [1.807, 2.05) is 0 Å². The molecule has 0 aromatic carbocycles. The Hall–Kier alpha value is -1.53. The molecule has 0 spiro atoms. The average molecular weight is 274 g/mol. The molecular formula is C12H17F3N4. The summed E-state index contributed by atoms with van der Waals surface area (Å²) >= 11 is 0. The van der Waals surface area contributed by atoms with Crippen LogP contribution in [-0.4, -0.2) is 23.6 Å². The van der Waals surface area contributed by atoms with Gasteiger partial charge in [0, 0.05) is 19.7 Å². The largest absolute Gasteiger partial charge is 0.451 e. The van der Waals surface area contributed by atoms with Crippen LogP contribution in [-0.2, 0) is 6.18 Å². The molecule has 1 aliphatic rings. The Balaban J connectivity index is 2.15. The summed E-state index contributed by atoms with van der Waals surface area (Å²) in [7, 11) is 1.53. The van der Waals surface area contributed by atoms with E-state index in [0.29, 0.717) is 6.54 Å². The molecule has 0 unspecified atom stereocenters. The van der Waals surface area contributed by atoms with Gasteiger partial charge < -0.3 is 10.6 Å². The highest BCUT2D eigenvalue weighted by atomic mass is 19.4. The predicted octanol–water partition coefficient (Wildman–Crippen LogP) is 3.14. The Bertz CT molecular complexity index is 455. The van der Waals surface area contributed by atoms with Crippen molar-refractivity contribution in [1.82, 2.24) is 9.97 Å². The Kier molecular flexibility index (Phi) is 3.56. The zero-order chi connectivity index (χ0) is 14.1. The molecule has 1 aromatic rings. The van der Waals surface area contributed by atoms with E-state index in [-0.39, 0.29) is 17.1 Å². The second kappa shape index (κ2) is 4.86. The summed E-state index contributed by atoms with van der Waals surface area (Å²) in [6, 6.07) is 1.49. The standard InChI is InChI=1S/C12H17F3N4/c1-3-11(4-5-11)7-17-9-6-8(16-2)18-10(19-9)12(13,14)15/h6H,3-5,7H2,1-2H3,(H2,16,17,18,19). The summed E-state index contributed by atoms with van der Waals surface area (Å²) < 4.78 is 38.0. The van der Waals surface area contributed by atoms with Gasteiger partial charge in [-0.25, -0.2) is 9.97 Å². The molecule has 0 saturated heterocycles. The molecule has 0 radical (unpaired) electrons. The number of aromatic nitrogens is 2. The van der Waals surface area contributed by atoms with Crippen LogP contribution < -0.4 is 10.6 Å². The zero-order valence-corrected chi connectivity index (χ0v) is 10.9. The normalized spacial score (nSPS) is 17.1. The Morgan fingerprint density at radius 2 is 1.89 bits per heavy atom. The number of alkyl halides is 3. The monoisotopic (exact) mass is 274 g/mol. The van der Waals surface area contributed by atoms with Crippen LogP contribution in [0.4, 0.5) is 24.8 Å². The van der Waals surface area contributed by atoms with Gasteiger partial charge in [-0.2, -0.15) is 13.2 Å². The molecule has 19 heavy (non-hydrogen) atoms. The first-order chi connectivity index (χ1) is 8.88. The lowest BCUT2D eigenvalue weighted by atomic mass is 10.0. The van der Waals surface area contributed by atoms with Crippen LogP contribution in [0.3, 0.4) is 0 Å². The van der Waals surface area contributed by atoms with Gasteiger partial charge in [0.25, 0.3) is 0 Å². The lowest BCUT2D eigenvalue weighted by Crippen LogP contribution is -2.18. The fourth-order valence-corrected chi connectivity index (χ4v) is 1.90. The van der Waals surface area contributed by atoms with E-state index >= 15 is 0 Å². The minimum absolute atomic E-state index is 0.158. The van der Waals surface area contributed by atoms with E-state index in [0.717, 1.165) is 19.3 Å². The molecule has 1 aliphatic carbocycles. The third-order valence-corrected chi connectivity index (χ3v) is 3.59. The molecule has 1 heterocycles. The van der Waals surface area contributed by atoms with Gasteiger partial charge in [-0.05, 0) is 24.7 Å². The molecule has 7 heteroatoms. The van der Waals surface area contributed by atoms with E-state index in [1.165, 1.54) is 13.1 Å². The maximum absolute atomic E-state index is 12.7. The van der Waals surface area contributed by atoms with Crippen LogP contribution in [0.15, 0.2) is 6.07 Å². The smallest absolute Gasteiger partial charge is 0.373 e. The van der Waals surface area contributed by atoms with Crippen molar-refractivity contribution in [1.29, 1.82) is 0 Å². The van der Waals surface area contributed by atoms with Crippen molar-refractivity contribution >= 4 is 11.6 Å². The van der Waals surface area contributed by atoms with Crippen molar-refractivity contribution in [2.75, 3.05) is 24.2 Å². The maximum atomic E-state index is 12.7. The fraction of sp³-hybridized carbons (Fsp3) is 0.667. The number of rotatable bonds is 5. The Morgan fingerprint density at radius 1 is 1.26 bits per heavy atom. The molecular weight excluding hydrogens is 257 g/mol. The van der Waals surface area contributed by atoms with E-state index in [2.05, 4.69) is 27.5 Å². The topological polar surface area (TPSA) is 49.8 Å². The number of nitrogens with one attached hydrogen (secondary N) is 2. The molecule has 2 N–H and O–H groups in total. The van der Waals surface area contributed by atoms with Crippen LogP contribution in [0.25, 0.3) is 0 Å². The van der Waals surface area contributed by atoms with Gasteiger partial charge in [0.05, 0.1) is 0 Å². The third kappa shape index (κ3) is 3.27. The first kappa shape index (κ1) is 13.9. The summed E-state index contributed by atoms with van der Waals surface area (Å²) in [4.78, 5) is 6.95. The lowest BCUT2D eigenvalue weighted by molar-refractivity contribution is -0.144. The van der Waals surface area contributed by atoms with Crippen molar-refractivity contribution < 1.29 is 13.2 Å². The van der Waals surface area contributed by atoms with Crippen molar-refractivity contribution in [2.24, 2.45) is 5.41 Å². The summed E-state index contributed by atoms with van der Waals surface area (Å²) in [6.45, 7) is 2.75. The molecule has 1 fully saturated rings. The number of hydrogen-bond acceptors (Lipinski definition) is 4. The number of anilines is 2. The summed E-state index contributed by atoms with van der Waals surface area (Å²) in [6.07, 6.45) is -1.28. The molecule has 0 atom stereocenters. The predicted molar refractivity (Wildman–Crippen MR) is 67.0 cm³/mol. The van der Waals surface area contributed by atoms with Crippen LogP contribution >= 0.6 is 0 Å².